The molecule has 6 heteroatoms. The Morgan fingerprint density at radius 2 is 2.15 bits per heavy atom. The molecule has 0 bridgehead atoms. The van der Waals surface area contributed by atoms with Crippen LogP contribution >= 0.6 is 15.9 Å². The highest BCUT2D eigenvalue weighted by molar-refractivity contribution is 9.10. The Bertz CT molecular complexity index is 429. The van der Waals surface area contributed by atoms with Crippen LogP contribution in [0.1, 0.15) is 12.5 Å². The van der Waals surface area contributed by atoms with E-state index in [1.807, 2.05) is 31.2 Å². The van der Waals surface area contributed by atoms with Crippen molar-refractivity contribution in [3.63, 3.8) is 0 Å². The van der Waals surface area contributed by atoms with Crippen LogP contribution in [0.25, 0.3) is 0 Å². The molecular formula is C14H21BrN2O3. The highest BCUT2D eigenvalue weighted by Crippen LogP contribution is 2.17. The summed E-state index contributed by atoms with van der Waals surface area (Å²) in [6.45, 7) is 2.30. The van der Waals surface area contributed by atoms with Gasteiger partial charge in [0, 0.05) is 24.2 Å². The fourth-order valence-electron chi connectivity index (χ4n) is 1.78. The largest absolute Gasteiger partial charge is 0.389 e. The molecule has 0 aliphatic rings. The number of halogens is 1. The van der Waals surface area contributed by atoms with Gasteiger partial charge in [-0.2, -0.15) is 0 Å². The molecular weight excluding hydrogens is 324 g/mol. The first-order valence-electron chi connectivity index (χ1n) is 6.47. The predicted molar refractivity (Wildman–Crippen MR) is 81.7 cm³/mol. The van der Waals surface area contributed by atoms with Crippen LogP contribution in [0.2, 0.25) is 0 Å². The number of hydrogen-bond donors (Lipinski definition) is 3. The van der Waals surface area contributed by atoms with Crippen LogP contribution in [0.4, 0.5) is 4.79 Å². The quantitative estimate of drug-likeness (QED) is 0.704. The number of carbonyl (C=O) groups is 1. The first kappa shape index (κ1) is 16.9. The smallest absolute Gasteiger partial charge is 0.315 e. The first-order valence-corrected chi connectivity index (χ1v) is 7.27. The number of hydrogen-bond acceptors (Lipinski definition) is 3. The summed E-state index contributed by atoms with van der Waals surface area (Å²) in [5.41, 5.74) is 1.14. The summed E-state index contributed by atoms with van der Waals surface area (Å²) in [6.07, 6.45) is 0.0412. The third-order valence-electron chi connectivity index (χ3n) is 2.72. The monoisotopic (exact) mass is 344 g/mol. The lowest BCUT2D eigenvalue weighted by Crippen LogP contribution is -2.44. The van der Waals surface area contributed by atoms with Crippen molar-refractivity contribution in [3.05, 3.63) is 34.3 Å². The summed E-state index contributed by atoms with van der Waals surface area (Å²) < 4.78 is 5.81. The van der Waals surface area contributed by atoms with Gasteiger partial charge in [0.25, 0.3) is 0 Å². The lowest BCUT2D eigenvalue weighted by Gasteiger charge is -2.16. The summed E-state index contributed by atoms with van der Waals surface area (Å²) >= 11 is 3.48. The normalized spacial score (nSPS) is 13.6. The van der Waals surface area contributed by atoms with E-state index in [1.54, 1.807) is 0 Å². The third kappa shape index (κ3) is 6.36. The molecule has 3 N–H and O–H groups in total. The van der Waals surface area contributed by atoms with Crippen LogP contribution in [0, 0.1) is 0 Å². The number of benzene rings is 1. The molecule has 20 heavy (non-hydrogen) atoms. The van der Waals surface area contributed by atoms with Crippen LogP contribution in [-0.2, 0) is 11.2 Å². The Hall–Kier alpha value is -1.11. The van der Waals surface area contributed by atoms with Gasteiger partial charge in [0.1, 0.15) is 0 Å². The van der Waals surface area contributed by atoms with Crippen molar-refractivity contribution in [2.24, 2.45) is 0 Å². The van der Waals surface area contributed by atoms with Crippen LogP contribution in [-0.4, -0.2) is 43.5 Å². The van der Waals surface area contributed by atoms with Crippen LogP contribution in [0.15, 0.2) is 28.7 Å². The Balaban J connectivity index is 2.33. The van der Waals surface area contributed by atoms with Crippen LogP contribution < -0.4 is 10.6 Å². The van der Waals surface area contributed by atoms with Crippen molar-refractivity contribution in [3.8, 4) is 0 Å². The average molecular weight is 345 g/mol. The number of aliphatic hydroxyl groups excluding tert-OH is 1. The van der Waals surface area contributed by atoms with E-state index in [1.165, 1.54) is 7.11 Å². The second kappa shape index (κ2) is 8.94. The molecule has 0 saturated carbocycles. The maximum absolute atomic E-state index is 11.7. The zero-order chi connectivity index (χ0) is 15.0. The number of carbonyl (C=O) groups excluding carboxylic acids is 1. The minimum atomic E-state index is -0.690. The fraction of sp³-hybridized carbons (Fsp3) is 0.500. The molecule has 0 aromatic heterocycles. The zero-order valence-electron chi connectivity index (χ0n) is 11.7. The van der Waals surface area contributed by atoms with Crippen molar-refractivity contribution >= 4 is 22.0 Å². The molecule has 2 amide bonds. The van der Waals surface area contributed by atoms with E-state index in [4.69, 9.17) is 4.74 Å². The maximum atomic E-state index is 11.7. The van der Waals surface area contributed by atoms with Gasteiger partial charge in [0.2, 0.25) is 0 Å². The molecule has 1 aromatic carbocycles. The second-order valence-corrected chi connectivity index (χ2v) is 5.51. The van der Waals surface area contributed by atoms with Gasteiger partial charge in [0.15, 0.2) is 0 Å². The van der Waals surface area contributed by atoms with Gasteiger partial charge in [-0.25, -0.2) is 4.79 Å². The van der Waals surface area contributed by atoms with E-state index < -0.39 is 6.10 Å². The summed E-state index contributed by atoms with van der Waals surface area (Å²) in [4.78, 5) is 11.7. The van der Waals surface area contributed by atoms with E-state index in [0.29, 0.717) is 0 Å². The molecule has 0 unspecified atom stereocenters. The number of amides is 2. The van der Waals surface area contributed by atoms with Crippen molar-refractivity contribution in [1.29, 1.82) is 0 Å². The molecule has 0 spiro atoms. The fourth-order valence-corrected chi connectivity index (χ4v) is 2.23. The Labute approximate surface area is 127 Å². The first-order chi connectivity index (χ1) is 9.52. The number of urea groups is 1. The van der Waals surface area contributed by atoms with E-state index in [-0.39, 0.29) is 25.2 Å². The maximum Gasteiger partial charge on any atom is 0.315 e. The van der Waals surface area contributed by atoms with Gasteiger partial charge in [0.05, 0.1) is 12.7 Å². The van der Waals surface area contributed by atoms with Crippen molar-refractivity contribution < 1.29 is 14.6 Å². The number of nitrogens with one attached hydrogen (secondary N) is 2. The summed E-state index contributed by atoms with van der Waals surface area (Å²) in [5, 5.41) is 14.9. The highest BCUT2D eigenvalue weighted by atomic mass is 79.9. The molecule has 0 saturated heterocycles. The molecule has 2 atom stereocenters. The Kier molecular flexibility index (Phi) is 7.58. The topological polar surface area (TPSA) is 70.6 Å². The summed E-state index contributed by atoms with van der Waals surface area (Å²) in [7, 11) is 1.50. The van der Waals surface area contributed by atoms with E-state index in [2.05, 4.69) is 26.6 Å². The van der Waals surface area contributed by atoms with Gasteiger partial charge in [-0.1, -0.05) is 34.1 Å². The zero-order valence-corrected chi connectivity index (χ0v) is 13.3. The number of ether oxygens (including phenoxy) is 1. The lowest BCUT2D eigenvalue weighted by molar-refractivity contribution is 0.0659. The SMILES string of the molecule is COC[C@H](O)CNC(=O)N[C@H](C)Cc1ccccc1Br. The van der Waals surface area contributed by atoms with E-state index >= 15 is 0 Å². The molecule has 0 radical (unpaired) electrons. The van der Waals surface area contributed by atoms with Gasteiger partial charge in [-0.15, -0.1) is 0 Å². The Morgan fingerprint density at radius 1 is 1.45 bits per heavy atom. The van der Waals surface area contributed by atoms with E-state index in [0.717, 1.165) is 16.5 Å². The van der Waals surface area contributed by atoms with Gasteiger partial charge < -0.3 is 20.5 Å². The third-order valence-corrected chi connectivity index (χ3v) is 3.49. The summed E-state index contributed by atoms with van der Waals surface area (Å²) in [5.74, 6) is 0. The molecule has 112 valence electrons. The van der Waals surface area contributed by atoms with Crippen LogP contribution in [0.5, 0.6) is 0 Å². The minimum absolute atomic E-state index is 0.00623. The van der Waals surface area contributed by atoms with Crippen LogP contribution in [0.3, 0.4) is 0 Å². The molecule has 0 aliphatic carbocycles. The molecule has 0 aliphatic heterocycles. The molecule has 1 aromatic rings. The number of rotatable bonds is 7. The van der Waals surface area contributed by atoms with Gasteiger partial charge >= 0.3 is 6.03 Å². The van der Waals surface area contributed by atoms with Gasteiger partial charge in [-0.05, 0) is 25.0 Å². The predicted octanol–water partition coefficient (Wildman–Crippen LogP) is 1.69. The minimum Gasteiger partial charge on any atom is -0.389 e. The van der Waals surface area contributed by atoms with Gasteiger partial charge in [-0.3, -0.25) is 0 Å². The highest BCUT2D eigenvalue weighted by Gasteiger charge is 2.11. The standard InChI is InChI=1S/C14H21BrN2O3/c1-10(7-11-5-3-4-6-13(11)15)17-14(19)16-8-12(18)9-20-2/h3-6,10,12,18H,7-9H2,1-2H3,(H2,16,17,19)/t10-,12-/m1/s1. The molecule has 5 nitrogen and oxygen atoms in total. The average Bonchev–Trinajstić information content (AvgIpc) is 2.39. The van der Waals surface area contributed by atoms with E-state index in [9.17, 15) is 9.90 Å². The molecule has 0 fully saturated rings. The summed E-state index contributed by atoms with van der Waals surface area (Å²) in [6, 6.07) is 7.61. The van der Waals surface area contributed by atoms with Crippen molar-refractivity contribution in [1.82, 2.24) is 10.6 Å². The Morgan fingerprint density at radius 3 is 2.80 bits per heavy atom. The van der Waals surface area contributed by atoms with Crippen molar-refractivity contribution in [2.45, 2.75) is 25.5 Å². The lowest BCUT2D eigenvalue weighted by atomic mass is 10.1. The second-order valence-electron chi connectivity index (χ2n) is 4.66. The molecule has 1 rings (SSSR count). The van der Waals surface area contributed by atoms with Crippen molar-refractivity contribution in [2.75, 3.05) is 20.3 Å². The molecule has 0 heterocycles. The number of aliphatic hydroxyl groups is 1. The number of methoxy groups -OCH3 is 1.